The zero-order valence-electron chi connectivity index (χ0n) is 12.8. The molecule has 1 N–H and O–H groups in total. The Hall–Kier alpha value is -2.58. The molecule has 26 heavy (non-hydrogen) atoms. The van der Waals surface area contributed by atoms with Crippen molar-refractivity contribution in [1.82, 2.24) is 14.8 Å². The predicted molar refractivity (Wildman–Crippen MR) is 90.8 cm³/mol. The molecule has 0 bridgehead atoms. The number of benzene rings is 2. The van der Waals surface area contributed by atoms with Crippen molar-refractivity contribution < 1.29 is 18.0 Å². The van der Waals surface area contributed by atoms with Crippen LogP contribution in [0.25, 0.3) is 5.69 Å². The molecule has 0 aliphatic heterocycles. The van der Waals surface area contributed by atoms with Crippen molar-refractivity contribution in [2.45, 2.75) is 6.18 Å². The van der Waals surface area contributed by atoms with Gasteiger partial charge in [-0.05, 0) is 30.3 Å². The number of halogens is 5. The molecule has 0 saturated carbocycles. The van der Waals surface area contributed by atoms with E-state index in [1.807, 2.05) is 0 Å². The Kier molecular flexibility index (Phi) is 4.88. The summed E-state index contributed by atoms with van der Waals surface area (Å²) >= 11 is 11.7. The van der Waals surface area contributed by atoms with Crippen LogP contribution < -0.4 is 5.32 Å². The summed E-state index contributed by atoms with van der Waals surface area (Å²) in [5.74, 6) is -2.93. The highest BCUT2D eigenvalue weighted by atomic mass is 35.5. The van der Waals surface area contributed by atoms with E-state index in [2.05, 4.69) is 15.4 Å². The first-order valence-corrected chi connectivity index (χ1v) is 7.87. The van der Waals surface area contributed by atoms with Gasteiger partial charge in [0.15, 0.2) is 0 Å². The Morgan fingerprint density at radius 1 is 1.08 bits per heavy atom. The maximum atomic E-state index is 13.3. The summed E-state index contributed by atoms with van der Waals surface area (Å²) in [5, 5.41) is 6.51. The molecule has 1 amide bonds. The van der Waals surface area contributed by atoms with Crippen LogP contribution in [-0.4, -0.2) is 20.7 Å². The largest absolute Gasteiger partial charge is 0.451 e. The van der Waals surface area contributed by atoms with Crippen molar-refractivity contribution in [2.75, 3.05) is 5.32 Å². The van der Waals surface area contributed by atoms with E-state index in [4.69, 9.17) is 23.2 Å². The molecule has 0 atom stereocenters. The van der Waals surface area contributed by atoms with E-state index < -0.39 is 23.7 Å². The fraction of sp³-hybridized carbons (Fsp3) is 0.0625. The van der Waals surface area contributed by atoms with Gasteiger partial charge >= 0.3 is 6.18 Å². The number of rotatable bonds is 3. The number of hydrogen-bond acceptors (Lipinski definition) is 3. The van der Waals surface area contributed by atoms with E-state index in [-0.39, 0.29) is 21.4 Å². The molecule has 2 aromatic carbocycles. The van der Waals surface area contributed by atoms with E-state index >= 15 is 0 Å². The normalized spacial score (nSPS) is 11.4. The van der Waals surface area contributed by atoms with Gasteiger partial charge in [-0.1, -0.05) is 41.4 Å². The molecule has 0 aliphatic carbocycles. The van der Waals surface area contributed by atoms with E-state index in [9.17, 15) is 18.0 Å². The van der Waals surface area contributed by atoms with Gasteiger partial charge in [-0.15, -0.1) is 5.10 Å². The molecule has 0 aliphatic rings. The van der Waals surface area contributed by atoms with E-state index in [0.717, 1.165) is 0 Å². The van der Waals surface area contributed by atoms with Crippen LogP contribution in [0, 0.1) is 0 Å². The topological polar surface area (TPSA) is 59.8 Å². The number of nitrogens with one attached hydrogen (secondary N) is 1. The van der Waals surface area contributed by atoms with Crippen LogP contribution in [0.15, 0.2) is 48.5 Å². The zero-order chi connectivity index (χ0) is 18.9. The molecular weight excluding hydrogens is 392 g/mol. The highest BCUT2D eigenvalue weighted by Gasteiger charge is 2.39. The predicted octanol–water partition coefficient (Wildman–Crippen LogP) is 4.85. The van der Waals surface area contributed by atoms with Crippen LogP contribution in [0.2, 0.25) is 10.0 Å². The van der Waals surface area contributed by atoms with Gasteiger partial charge in [0.1, 0.15) is 0 Å². The van der Waals surface area contributed by atoms with Crippen molar-refractivity contribution in [1.29, 1.82) is 0 Å². The van der Waals surface area contributed by atoms with Gasteiger partial charge in [0.2, 0.25) is 11.6 Å². The quantitative estimate of drug-likeness (QED) is 0.683. The Bertz CT molecular complexity index is 972. The number of hydrogen-bond donors (Lipinski definition) is 1. The van der Waals surface area contributed by atoms with Gasteiger partial charge in [-0.3, -0.25) is 4.79 Å². The lowest BCUT2D eigenvalue weighted by atomic mass is 10.3. The minimum atomic E-state index is -4.82. The van der Waals surface area contributed by atoms with Gasteiger partial charge in [0.25, 0.3) is 5.91 Å². The van der Waals surface area contributed by atoms with Crippen molar-refractivity contribution >= 4 is 34.8 Å². The second-order valence-electron chi connectivity index (χ2n) is 5.08. The minimum Gasteiger partial charge on any atom is -0.318 e. The molecule has 0 radical (unpaired) electrons. The molecule has 10 heteroatoms. The van der Waals surface area contributed by atoms with Crippen LogP contribution in [-0.2, 0) is 6.18 Å². The third-order valence-electron chi connectivity index (χ3n) is 3.24. The molecular formula is C16H9Cl2F3N4O. The summed E-state index contributed by atoms with van der Waals surface area (Å²) < 4.78 is 40.4. The molecule has 3 aromatic rings. The van der Waals surface area contributed by atoms with Crippen LogP contribution >= 0.6 is 23.2 Å². The molecule has 0 saturated heterocycles. The van der Waals surface area contributed by atoms with Crippen LogP contribution in [0.4, 0.5) is 18.9 Å². The monoisotopic (exact) mass is 400 g/mol. The molecule has 1 aromatic heterocycles. The second kappa shape index (κ2) is 6.97. The number of alkyl halides is 3. The maximum absolute atomic E-state index is 13.3. The van der Waals surface area contributed by atoms with Crippen LogP contribution in [0.5, 0.6) is 0 Å². The lowest BCUT2D eigenvalue weighted by Crippen LogP contribution is -2.15. The number of carbonyl (C=O) groups excluding carboxylic acids is 1. The third kappa shape index (κ3) is 3.81. The summed E-state index contributed by atoms with van der Waals surface area (Å²) in [4.78, 5) is 15.6. The molecule has 3 rings (SSSR count). The van der Waals surface area contributed by atoms with Gasteiger partial charge in [0, 0.05) is 5.02 Å². The SMILES string of the molecule is O=C(Nc1ccccc1Cl)c1nc(C(F)(F)F)n(-c2cccc(Cl)c2)n1. The number of nitrogens with zero attached hydrogens (tertiary/aromatic N) is 3. The lowest BCUT2D eigenvalue weighted by Gasteiger charge is -2.08. The van der Waals surface area contributed by atoms with E-state index in [1.54, 1.807) is 12.1 Å². The molecule has 134 valence electrons. The Balaban J connectivity index is 2.01. The Morgan fingerprint density at radius 3 is 2.46 bits per heavy atom. The highest BCUT2D eigenvalue weighted by Crippen LogP contribution is 2.30. The molecule has 1 heterocycles. The number of anilines is 1. The summed E-state index contributed by atoms with van der Waals surface area (Å²) in [6.45, 7) is 0. The van der Waals surface area contributed by atoms with E-state index in [1.165, 1.54) is 36.4 Å². The molecule has 5 nitrogen and oxygen atoms in total. The van der Waals surface area contributed by atoms with Crippen molar-refractivity contribution in [3.63, 3.8) is 0 Å². The number of carbonyl (C=O) groups is 1. The fourth-order valence-corrected chi connectivity index (χ4v) is 2.49. The molecule has 0 spiro atoms. The summed E-state index contributed by atoms with van der Waals surface area (Å²) in [6, 6.07) is 11.9. The number of amides is 1. The first kappa shape index (κ1) is 18.2. The molecule has 0 unspecified atom stereocenters. The molecule has 0 fully saturated rings. The standard InChI is InChI=1S/C16H9Cl2F3N4O/c17-9-4-3-5-10(8-9)25-15(16(19,20)21)23-13(24-25)14(26)22-12-7-2-1-6-11(12)18/h1-8H,(H,22,26). The third-order valence-corrected chi connectivity index (χ3v) is 3.80. The van der Waals surface area contributed by atoms with Gasteiger partial charge in [0.05, 0.1) is 16.4 Å². The Labute approximate surface area is 155 Å². The first-order chi connectivity index (χ1) is 12.3. The number of aromatic nitrogens is 3. The smallest absolute Gasteiger partial charge is 0.318 e. The van der Waals surface area contributed by atoms with Crippen LogP contribution in [0.3, 0.4) is 0 Å². The van der Waals surface area contributed by atoms with Crippen LogP contribution in [0.1, 0.15) is 16.4 Å². The second-order valence-corrected chi connectivity index (χ2v) is 5.93. The highest BCUT2D eigenvalue weighted by molar-refractivity contribution is 6.33. The Morgan fingerprint density at radius 2 is 1.81 bits per heavy atom. The first-order valence-electron chi connectivity index (χ1n) is 7.12. The van der Waals surface area contributed by atoms with Gasteiger partial charge in [-0.2, -0.15) is 18.2 Å². The van der Waals surface area contributed by atoms with Crippen molar-refractivity contribution in [2.24, 2.45) is 0 Å². The summed E-state index contributed by atoms with van der Waals surface area (Å²) in [7, 11) is 0. The van der Waals surface area contributed by atoms with Gasteiger partial charge in [-0.25, -0.2) is 4.68 Å². The van der Waals surface area contributed by atoms with Crippen molar-refractivity contribution in [3.05, 3.63) is 70.2 Å². The zero-order valence-corrected chi connectivity index (χ0v) is 14.3. The summed E-state index contributed by atoms with van der Waals surface area (Å²) in [6.07, 6.45) is -4.82. The summed E-state index contributed by atoms with van der Waals surface area (Å²) in [5.41, 5.74) is 0.251. The average molecular weight is 401 g/mol. The van der Waals surface area contributed by atoms with Crippen molar-refractivity contribution in [3.8, 4) is 5.69 Å². The average Bonchev–Trinajstić information content (AvgIpc) is 3.03. The fourth-order valence-electron chi connectivity index (χ4n) is 2.12. The minimum absolute atomic E-state index is 0.0223. The lowest BCUT2D eigenvalue weighted by molar-refractivity contribution is -0.146. The maximum Gasteiger partial charge on any atom is 0.451 e. The van der Waals surface area contributed by atoms with Gasteiger partial charge < -0.3 is 5.32 Å². The number of para-hydroxylation sites is 1. The van der Waals surface area contributed by atoms with E-state index in [0.29, 0.717) is 4.68 Å².